The van der Waals surface area contributed by atoms with Gasteiger partial charge in [0.15, 0.2) is 32.3 Å². The van der Waals surface area contributed by atoms with Crippen LogP contribution in [0.3, 0.4) is 0 Å². The van der Waals surface area contributed by atoms with E-state index in [9.17, 15) is 23.1 Å². The summed E-state index contributed by atoms with van der Waals surface area (Å²) >= 11 is 0.830. The number of ether oxygens (including phenoxy) is 5. The largest absolute Gasteiger partial charge is 0.502 e. The highest BCUT2D eigenvalue weighted by Gasteiger charge is 2.53. The molecule has 1 aliphatic carbocycles. The van der Waals surface area contributed by atoms with Gasteiger partial charge in [0.05, 0.1) is 38.5 Å². The summed E-state index contributed by atoms with van der Waals surface area (Å²) in [5.74, 6) is -1.94. The number of benzene rings is 2. The Hall–Kier alpha value is -4.08. The second-order valence-electron chi connectivity index (χ2n) is 10.1. The predicted molar refractivity (Wildman–Crippen MR) is 148 cm³/mol. The van der Waals surface area contributed by atoms with Gasteiger partial charge in [-0.05, 0) is 47.9 Å². The van der Waals surface area contributed by atoms with Gasteiger partial charge >= 0.3 is 5.97 Å². The highest BCUT2D eigenvalue weighted by atomic mass is 32.2. The van der Waals surface area contributed by atoms with E-state index in [2.05, 4.69) is 15.0 Å². The number of aromatic nitrogens is 1. The molecule has 222 valence electrons. The van der Waals surface area contributed by atoms with Crippen molar-refractivity contribution in [2.75, 3.05) is 32.9 Å². The first kappa shape index (κ1) is 28.1. The quantitative estimate of drug-likeness (QED) is 0.333. The molecule has 4 atom stereocenters. The van der Waals surface area contributed by atoms with Crippen LogP contribution in [-0.4, -0.2) is 58.0 Å². The molecule has 3 N–H and O–H groups in total. The Morgan fingerprint density at radius 1 is 1.07 bits per heavy atom. The molecular weight excluding hydrogens is 590 g/mol. The van der Waals surface area contributed by atoms with Crippen molar-refractivity contribution in [3.8, 4) is 28.7 Å². The molecule has 1 saturated heterocycles. The van der Waals surface area contributed by atoms with Crippen molar-refractivity contribution < 1.29 is 46.8 Å². The monoisotopic (exact) mass is 617 g/mol. The lowest BCUT2D eigenvalue weighted by Crippen LogP contribution is -2.42. The zero-order chi connectivity index (χ0) is 29.9. The second kappa shape index (κ2) is 10.3. The summed E-state index contributed by atoms with van der Waals surface area (Å²) in [5.41, 5.74) is 1.99. The Kier molecular flexibility index (Phi) is 6.90. The number of nitrogens with one attached hydrogen (secondary N) is 2. The van der Waals surface area contributed by atoms with E-state index >= 15 is 0 Å². The molecule has 15 heteroatoms. The molecule has 3 heterocycles. The minimum atomic E-state index is -4.18. The number of esters is 1. The Morgan fingerprint density at radius 2 is 1.71 bits per heavy atom. The van der Waals surface area contributed by atoms with Gasteiger partial charge in [0.25, 0.3) is 10.0 Å². The number of rotatable bonds is 7. The molecule has 3 aliphatic rings. The number of cyclic esters (lactones) is 1. The number of hydrogen-bond acceptors (Lipinski definition) is 12. The van der Waals surface area contributed by atoms with Crippen LogP contribution in [0.25, 0.3) is 0 Å². The van der Waals surface area contributed by atoms with E-state index in [-0.39, 0.29) is 51.6 Å². The highest BCUT2D eigenvalue weighted by molar-refractivity contribution is 7.91. The third kappa shape index (κ3) is 4.57. The van der Waals surface area contributed by atoms with Crippen LogP contribution in [0.2, 0.25) is 0 Å². The number of phenols is 1. The van der Waals surface area contributed by atoms with Crippen molar-refractivity contribution >= 4 is 38.4 Å². The van der Waals surface area contributed by atoms with Crippen LogP contribution in [0.15, 0.2) is 28.5 Å². The number of aromatic hydroxyl groups is 1. The summed E-state index contributed by atoms with van der Waals surface area (Å²) in [6, 6.07) is 5.81. The lowest BCUT2D eigenvalue weighted by molar-refractivity contribution is -0.141. The molecule has 3 aromatic rings. The fourth-order valence-corrected chi connectivity index (χ4v) is 8.61. The van der Waals surface area contributed by atoms with Crippen molar-refractivity contribution in [3.05, 3.63) is 46.6 Å². The molecule has 0 spiro atoms. The van der Waals surface area contributed by atoms with Gasteiger partial charge in [0, 0.05) is 18.8 Å². The summed E-state index contributed by atoms with van der Waals surface area (Å²) in [6.45, 7) is 2.79. The maximum absolute atomic E-state index is 13.8. The average molecular weight is 618 g/mol. The van der Waals surface area contributed by atoms with Crippen LogP contribution >= 0.6 is 11.3 Å². The van der Waals surface area contributed by atoms with Crippen LogP contribution in [0.1, 0.15) is 41.3 Å². The first-order valence-corrected chi connectivity index (χ1v) is 15.1. The van der Waals surface area contributed by atoms with E-state index in [4.69, 9.17) is 23.7 Å². The van der Waals surface area contributed by atoms with Crippen molar-refractivity contribution in [2.45, 2.75) is 30.0 Å². The molecule has 0 bridgehead atoms. The molecule has 1 amide bonds. The van der Waals surface area contributed by atoms with Gasteiger partial charge in [0.2, 0.25) is 18.4 Å². The molecule has 0 unspecified atom stereocenters. The van der Waals surface area contributed by atoms with Crippen LogP contribution in [0.5, 0.6) is 28.7 Å². The molecular formula is C27H27N3O10S2. The Bertz CT molecular complexity index is 1700. The molecule has 0 saturated carbocycles. The van der Waals surface area contributed by atoms with Gasteiger partial charge < -0.3 is 34.1 Å². The van der Waals surface area contributed by atoms with E-state index in [1.165, 1.54) is 28.1 Å². The van der Waals surface area contributed by atoms with Crippen molar-refractivity contribution in [1.29, 1.82) is 0 Å². The third-order valence-electron chi connectivity index (χ3n) is 7.61. The first-order valence-electron chi connectivity index (χ1n) is 12.8. The summed E-state index contributed by atoms with van der Waals surface area (Å²) < 4.78 is 57.9. The maximum atomic E-state index is 13.8. The molecule has 2 aliphatic heterocycles. The van der Waals surface area contributed by atoms with Gasteiger partial charge in [0.1, 0.15) is 0 Å². The zero-order valence-electron chi connectivity index (χ0n) is 22.9. The third-order valence-corrected chi connectivity index (χ3v) is 10.7. The summed E-state index contributed by atoms with van der Waals surface area (Å²) in [4.78, 5) is 29.0. The Morgan fingerprint density at radius 3 is 2.33 bits per heavy atom. The lowest BCUT2D eigenvalue weighted by Gasteiger charge is -2.39. The van der Waals surface area contributed by atoms with Crippen LogP contribution < -0.4 is 29.0 Å². The van der Waals surface area contributed by atoms with E-state index in [0.29, 0.717) is 28.2 Å². The Balaban J connectivity index is 1.51. The molecule has 2 aromatic carbocycles. The number of amides is 1. The molecule has 1 fully saturated rings. The second-order valence-corrected chi connectivity index (χ2v) is 13.0. The fourth-order valence-electron chi connectivity index (χ4n) is 5.86. The van der Waals surface area contributed by atoms with Gasteiger partial charge in [-0.25, -0.2) is 18.1 Å². The number of anilines is 1. The van der Waals surface area contributed by atoms with Gasteiger partial charge in [-0.15, -0.1) is 0 Å². The smallest absolute Gasteiger partial charge is 0.310 e. The minimum Gasteiger partial charge on any atom is -0.502 e. The molecule has 0 radical (unpaired) electrons. The lowest BCUT2D eigenvalue weighted by atomic mass is 9.65. The van der Waals surface area contributed by atoms with Gasteiger partial charge in [-0.2, -0.15) is 0 Å². The predicted octanol–water partition coefficient (Wildman–Crippen LogP) is 2.82. The van der Waals surface area contributed by atoms with Crippen molar-refractivity contribution in [1.82, 2.24) is 9.71 Å². The number of carbonyl (C=O) groups excluding carboxylic acids is 2. The fraction of sp³-hybridized carbons (Fsp3) is 0.370. The van der Waals surface area contributed by atoms with Crippen LogP contribution in [-0.2, 0) is 24.3 Å². The minimum absolute atomic E-state index is 0.0129. The number of carbonyl (C=O) groups is 2. The van der Waals surface area contributed by atoms with E-state index < -0.39 is 39.8 Å². The number of nitrogens with zero attached hydrogens (tertiary/aromatic N) is 1. The summed E-state index contributed by atoms with van der Waals surface area (Å²) in [5, 5.41) is 13.2. The van der Waals surface area contributed by atoms with E-state index in [0.717, 1.165) is 11.3 Å². The van der Waals surface area contributed by atoms with Gasteiger partial charge in [-0.3, -0.25) is 9.59 Å². The zero-order valence-corrected chi connectivity index (χ0v) is 24.6. The number of fused-ring (bicyclic) bond motifs is 3. The van der Waals surface area contributed by atoms with E-state index in [1.54, 1.807) is 24.3 Å². The Labute approximate surface area is 244 Å². The SMILES string of the molecule is COc1cc([C@@H]2c3cc4c(cc3[C@@H](NS(=O)(=O)c3sc(NC(C)=O)nc3C)[C@H]3COC(=O)[C@H]23)OCO4)cc(OC)c1O. The standard InChI is InChI=1S/C27H27N3O10S2/c1-11-26(41-27(28-11)29-12(2)31)42(34,35)30-23-15-8-18-17(39-10-40-18)7-14(15)21(22-16(23)9-38-25(22)33)13-5-19(36-3)24(32)20(6-13)37-4/h5-8,16,21-23,30,32H,9-10H2,1-4H3,(H,28,29,31)/t16-,21+,22-,23+/m0/s1. The first-order chi connectivity index (χ1) is 20.0. The molecule has 1 aromatic heterocycles. The molecule has 13 nitrogen and oxygen atoms in total. The number of aryl methyl sites for hydroxylation is 1. The number of thiazole rings is 1. The average Bonchev–Trinajstić information content (AvgIpc) is 3.66. The van der Waals surface area contributed by atoms with Gasteiger partial charge in [-0.1, -0.05) is 11.3 Å². The van der Waals surface area contributed by atoms with Crippen LogP contribution in [0, 0.1) is 18.8 Å². The molecule has 6 rings (SSSR count). The normalized spacial score (nSPS) is 22.2. The van der Waals surface area contributed by atoms with Crippen molar-refractivity contribution in [2.24, 2.45) is 11.8 Å². The number of methoxy groups -OCH3 is 2. The maximum Gasteiger partial charge on any atom is 0.310 e. The van der Waals surface area contributed by atoms with Crippen LogP contribution in [0.4, 0.5) is 5.13 Å². The number of hydrogen-bond donors (Lipinski definition) is 3. The van der Waals surface area contributed by atoms with E-state index in [1.807, 2.05) is 0 Å². The summed E-state index contributed by atoms with van der Waals surface area (Å²) in [7, 11) is -1.38. The summed E-state index contributed by atoms with van der Waals surface area (Å²) in [6.07, 6.45) is 0. The number of phenolic OH excluding ortho intramolecular Hbond substituents is 1. The molecule has 42 heavy (non-hydrogen) atoms. The van der Waals surface area contributed by atoms with Crippen molar-refractivity contribution in [3.63, 3.8) is 0 Å². The number of sulfonamides is 1. The highest BCUT2D eigenvalue weighted by Crippen LogP contribution is 2.55. The topological polar surface area (TPSA) is 172 Å².